The molecule has 0 spiro atoms. The van der Waals surface area contributed by atoms with E-state index in [1.807, 2.05) is 43.3 Å². The fourth-order valence-corrected chi connectivity index (χ4v) is 4.34. The Morgan fingerprint density at radius 2 is 1.55 bits per heavy atom. The second kappa shape index (κ2) is 10.6. The van der Waals surface area contributed by atoms with Crippen LogP contribution < -0.4 is 15.0 Å². The van der Waals surface area contributed by atoms with E-state index in [0.29, 0.717) is 22.7 Å². The van der Waals surface area contributed by atoms with Crippen molar-refractivity contribution in [2.75, 3.05) is 16.8 Å². The zero-order valence-corrected chi connectivity index (χ0v) is 20.8. The third kappa shape index (κ3) is 5.57. The summed E-state index contributed by atoms with van der Waals surface area (Å²) in [6.45, 7) is 2.16. The second-order valence-electron chi connectivity index (χ2n) is 9.27. The predicted molar refractivity (Wildman–Crippen MR) is 145 cm³/mol. The third-order valence-corrected chi connectivity index (χ3v) is 6.46. The molecule has 1 unspecified atom stereocenters. The van der Waals surface area contributed by atoms with Gasteiger partial charge >= 0.3 is 5.97 Å². The number of nitrogens with one attached hydrogen (secondary N) is 1. The molecular formula is C31H26N2O5. The molecule has 1 aliphatic rings. The van der Waals surface area contributed by atoms with Gasteiger partial charge in [0, 0.05) is 29.9 Å². The van der Waals surface area contributed by atoms with Gasteiger partial charge in [0.2, 0.25) is 5.91 Å². The SMILES string of the molecule is Cc1ccc(OC(=O)C2CC(=O)N(c3cccc(NC(=O)c4ccc(-c5ccc(O)cc5)cc4)c3)C2)cc1. The normalized spacial score (nSPS) is 14.8. The first kappa shape index (κ1) is 24.8. The smallest absolute Gasteiger partial charge is 0.316 e. The maximum absolute atomic E-state index is 12.9. The van der Waals surface area contributed by atoms with Crippen LogP contribution in [0.4, 0.5) is 11.4 Å². The number of aryl methyl sites for hydroxylation is 1. The van der Waals surface area contributed by atoms with Crippen molar-refractivity contribution in [2.24, 2.45) is 5.92 Å². The van der Waals surface area contributed by atoms with Crippen LogP contribution in [0.3, 0.4) is 0 Å². The Bertz CT molecular complexity index is 1480. The van der Waals surface area contributed by atoms with E-state index in [1.54, 1.807) is 65.6 Å². The van der Waals surface area contributed by atoms with Crippen molar-refractivity contribution >= 4 is 29.2 Å². The molecule has 2 amide bonds. The molecule has 0 radical (unpaired) electrons. The average Bonchev–Trinajstić information content (AvgIpc) is 3.32. The Balaban J connectivity index is 1.23. The van der Waals surface area contributed by atoms with Crippen LogP contribution in [0.25, 0.3) is 11.1 Å². The van der Waals surface area contributed by atoms with Crippen LogP contribution in [0.5, 0.6) is 11.5 Å². The van der Waals surface area contributed by atoms with Gasteiger partial charge in [-0.25, -0.2) is 0 Å². The van der Waals surface area contributed by atoms with Crippen molar-refractivity contribution in [3.8, 4) is 22.6 Å². The number of phenols is 1. The van der Waals surface area contributed by atoms with E-state index in [2.05, 4.69) is 5.32 Å². The fourth-order valence-electron chi connectivity index (χ4n) is 4.34. The molecule has 38 heavy (non-hydrogen) atoms. The van der Waals surface area contributed by atoms with E-state index in [-0.39, 0.29) is 30.5 Å². The van der Waals surface area contributed by atoms with E-state index in [0.717, 1.165) is 16.7 Å². The summed E-state index contributed by atoms with van der Waals surface area (Å²) >= 11 is 0. The predicted octanol–water partition coefficient (Wildman–Crippen LogP) is 5.58. The zero-order chi connectivity index (χ0) is 26.6. The van der Waals surface area contributed by atoms with Gasteiger partial charge < -0.3 is 20.1 Å². The molecule has 5 rings (SSSR count). The number of nitrogens with zero attached hydrogens (tertiary/aromatic N) is 1. The maximum Gasteiger partial charge on any atom is 0.316 e. The molecule has 0 bridgehead atoms. The highest BCUT2D eigenvalue weighted by molar-refractivity contribution is 6.05. The number of rotatable bonds is 6. The monoisotopic (exact) mass is 506 g/mol. The molecule has 1 aliphatic heterocycles. The quantitative estimate of drug-likeness (QED) is 0.263. The molecular weight excluding hydrogens is 480 g/mol. The summed E-state index contributed by atoms with van der Waals surface area (Å²) in [5, 5.41) is 12.3. The topological polar surface area (TPSA) is 95.9 Å². The first-order valence-corrected chi connectivity index (χ1v) is 12.3. The lowest BCUT2D eigenvalue weighted by atomic mass is 10.0. The Hall–Kier alpha value is -4.91. The number of phenolic OH excluding ortho intramolecular Hbond substituents is 1. The van der Waals surface area contributed by atoms with E-state index in [4.69, 9.17) is 4.74 Å². The number of amides is 2. The molecule has 7 nitrogen and oxygen atoms in total. The summed E-state index contributed by atoms with van der Waals surface area (Å²) in [6, 6.07) is 28.2. The third-order valence-electron chi connectivity index (χ3n) is 6.46. The average molecular weight is 507 g/mol. The molecule has 0 aromatic heterocycles. The summed E-state index contributed by atoms with van der Waals surface area (Å²) in [4.78, 5) is 39.8. The molecule has 0 saturated carbocycles. The molecule has 2 N–H and O–H groups in total. The van der Waals surface area contributed by atoms with Gasteiger partial charge in [0.05, 0.1) is 5.92 Å². The van der Waals surface area contributed by atoms with Crippen molar-refractivity contribution < 1.29 is 24.2 Å². The lowest BCUT2D eigenvalue weighted by Gasteiger charge is -2.18. The molecule has 190 valence electrons. The van der Waals surface area contributed by atoms with Gasteiger partial charge in [0.25, 0.3) is 5.91 Å². The lowest BCUT2D eigenvalue weighted by molar-refractivity contribution is -0.139. The summed E-state index contributed by atoms with van der Waals surface area (Å²) in [7, 11) is 0. The summed E-state index contributed by atoms with van der Waals surface area (Å²) < 4.78 is 5.47. The minimum Gasteiger partial charge on any atom is -0.508 e. The van der Waals surface area contributed by atoms with Gasteiger partial charge in [-0.3, -0.25) is 14.4 Å². The van der Waals surface area contributed by atoms with Crippen LogP contribution in [0.15, 0.2) is 97.1 Å². The number of hydrogen-bond donors (Lipinski definition) is 2. The van der Waals surface area contributed by atoms with Crippen LogP contribution in [0.1, 0.15) is 22.3 Å². The van der Waals surface area contributed by atoms with Gasteiger partial charge in [-0.2, -0.15) is 0 Å². The Kier molecular flexibility index (Phi) is 6.91. The van der Waals surface area contributed by atoms with Crippen LogP contribution in [0, 0.1) is 12.8 Å². The molecule has 1 fully saturated rings. The number of carbonyl (C=O) groups is 3. The molecule has 4 aromatic rings. The van der Waals surface area contributed by atoms with Gasteiger partial charge in [-0.1, -0.05) is 48.0 Å². The number of esters is 1. The standard InChI is InChI=1S/C31H26N2O5/c1-20-5-15-28(16-6-20)38-31(37)24-17-29(35)33(19-24)26-4-2-3-25(18-26)32-30(36)23-9-7-21(8-10-23)22-11-13-27(34)14-12-22/h2-16,18,24,34H,17,19H2,1H3,(H,32,36). The lowest BCUT2D eigenvalue weighted by Crippen LogP contribution is -2.27. The summed E-state index contributed by atoms with van der Waals surface area (Å²) in [6.07, 6.45) is 0.0641. The van der Waals surface area contributed by atoms with Gasteiger partial charge in [-0.05, 0) is 72.6 Å². The Morgan fingerprint density at radius 3 is 2.24 bits per heavy atom. The number of benzene rings is 4. The van der Waals surface area contributed by atoms with Gasteiger partial charge in [0.15, 0.2) is 0 Å². The van der Waals surface area contributed by atoms with Crippen LogP contribution in [-0.2, 0) is 9.59 Å². The minimum atomic E-state index is -0.575. The summed E-state index contributed by atoms with van der Waals surface area (Å²) in [5.74, 6) is -0.831. The van der Waals surface area contributed by atoms with Gasteiger partial charge in [0.1, 0.15) is 11.5 Å². The van der Waals surface area contributed by atoms with E-state index >= 15 is 0 Å². The molecule has 1 saturated heterocycles. The Morgan fingerprint density at radius 1 is 0.895 bits per heavy atom. The van der Waals surface area contributed by atoms with Crippen molar-refractivity contribution in [1.29, 1.82) is 0 Å². The molecule has 7 heteroatoms. The van der Waals surface area contributed by atoms with Gasteiger partial charge in [-0.15, -0.1) is 0 Å². The number of hydrogen-bond acceptors (Lipinski definition) is 5. The first-order valence-electron chi connectivity index (χ1n) is 12.3. The first-order chi connectivity index (χ1) is 18.4. The number of anilines is 2. The molecule has 0 aliphatic carbocycles. The number of ether oxygens (including phenoxy) is 1. The van der Waals surface area contributed by atoms with Crippen molar-refractivity contribution in [2.45, 2.75) is 13.3 Å². The van der Waals surface area contributed by atoms with E-state index in [9.17, 15) is 19.5 Å². The molecule has 1 heterocycles. The van der Waals surface area contributed by atoms with Crippen LogP contribution in [0.2, 0.25) is 0 Å². The van der Waals surface area contributed by atoms with Crippen molar-refractivity contribution in [3.05, 3.63) is 108 Å². The summed E-state index contributed by atoms with van der Waals surface area (Å²) in [5.41, 5.74) is 4.53. The van der Waals surface area contributed by atoms with Crippen LogP contribution in [-0.4, -0.2) is 29.4 Å². The highest BCUT2D eigenvalue weighted by atomic mass is 16.5. The maximum atomic E-state index is 12.9. The highest BCUT2D eigenvalue weighted by Crippen LogP contribution is 2.29. The van der Waals surface area contributed by atoms with Crippen molar-refractivity contribution in [3.63, 3.8) is 0 Å². The molecule has 4 aromatic carbocycles. The van der Waals surface area contributed by atoms with Crippen molar-refractivity contribution in [1.82, 2.24) is 0 Å². The van der Waals surface area contributed by atoms with E-state index in [1.165, 1.54) is 0 Å². The fraction of sp³-hybridized carbons (Fsp3) is 0.129. The van der Waals surface area contributed by atoms with Crippen LogP contribution >= 0.6 is 0 Å². The largest absolute Gasteiger partial charge is 0.508 e. The number of aromatic hydroxyl groups is 1. The molecule has 1 atom stereocenters. The highest BCUT2D eigenvalue weighted by Gasteiger charge is 2.36. The van der Waals surface area contributed by atoms with E-state index < -0.39 is 11.9 Å². The minimum absolute atomic E-state index is 0.0641. The zero-order valence-electron chi connectivity index (χ0n) is 20.8. The Labute approximate surface area is 220 Å². The second-order valence-corrected chi connectivity index (χ2v) is 9.27. The number of carbonyl (C=O) groups excluding carboxylic acids is 3.